The van der Waals surface area contributed by atoms with Gasteiger partial charge in [0.1, 0.15) is 6.54 Å². The van der Waals surface area contributed by atoms with E-state index in [1.165, 1.54) is 11.0 Å². The Bertz CT molecular complexity index is 290. The summed E-state index contributed by atoms with van der Waals surface area (Å²) < 4.78 is 0. The average Bonchev–Trinajstić information content (AvgIpc) is 2.26. The Morgan fingerprint density at radius 3 is 2.44 bits per heavy atom. The van der Waals surface area contributed by atoms with Crippen molar-refractivity contribution in [1.82, 2.24) is 4.90 Å². The van der Waals surface area contributed by atoms with Gasteiger partial charge in [-0.1, -0.05) is 19.9 Å². The van der Waals surface area contributed by atoms with Gasteiger partial charge in [0.05, 0.1) is 0 Å². The number of carbonyl (C=O) groups excluding carboxylic acids is 1. The molecule has 0 spiro atoms. The molecule has 0 bridgehead atoms. The minimum atomic E-state index is -1.02. The Labute approximate surface area is 109 Å². The topological polar surface area (TPSA) is 83.6 Å². The lowest BCUT2D eigenvalue weighted by molar-refractivity contribution is -0.144. The minimum Gasteiger partial charge on any atom is -0.480 e. The lowest BCUT2D eigenvalue weighted by atomic mass is 9.94. The molecule has 0 aliphatic heterocycles. The molecular weight excluding hydrogens is 232 g/mol. The van der Waals surface area contributed by atoms with Crippen molar-refractivity contribution in [2.24, 2.45) is 17.6 Å². The highest BCUT2D eigenvalue weighted by Crippen LogP contribution is 2.15. The van der Waals surface area contributed by atoms with Crippen LogP contribution in [-0.4, -0.2) is 41.5 Å². The number of nitrogens with zero attached hydrogens (tertiary/aromatic N) is 1. The number of nitrogens with two attached hydrogens (primary N) is 1. The summed E-state index contributed by atoms with van der Waals surface area (Å²) in [5, 5.41) is 8.74. The summed E-state index contributed by atoms with van der Waals surface area (Å²) in [5.74, 6) is -0.607. The van der Waals surface area contributed by atoms with E-state index >= 15 is 0 Å². The predicted octanol–water partition coefficient (Wildman–Crippen LogP) is 1.10. The number of carboxylic acid groups (broad SMARTS) is 1. The lowest BCUT2D eigenvalue weighted by Gasteiger charge is -2.23. The Morgan fingerprint density at radius 1 is 1.44 bits per heavy atom. The fraction of sp³-hybridized carbons (Fsp3) is 0.692. The summed E-state index contributed by atoms with van der Waals surface area (Å²) in [5.41, 5.74) is 5.64. The molecule has 5 nitrogen and oxygen atoms in total. The smallest absolute Gasteiger partial charge is 0.323 e. The van der Waals surface area contributed by atoms with Crippen LogP contribution in [0.1, 0.15) is 26.7 Å². The van der Waals surface area contributed by atoms with Gasteiger partial charge < -0.3 is 15.7 Å². The first kappa shape index (κ1) is 16.6. The number of carboxylic acids is 1. The maximum atomic E-state index is 12.0. The Balaban J connectivity index is 4.46. The van der Waals surface area contributed by atoms with Crippen LogP contribution in [-0.2, 0) is 9.59 Å². The summed E-state index contributed by atoms with van der Waals surface area (Å²) in [6, 6.07) is 0. The van der Waals surface area contributed by atoms with Crippen LogP contribution in [0.25, 0.3) is 0 Å². The van der Waals surface area contributed by atoms with Gasteiger partial charge in [-0.3, -0.25) is 9.59 Å². The van der Waals surface area contributed by atoms with Gasteiger partial charge in [0.2, 0.25) is 5.91 Å². The third-order valence-corrected chi connectivity index (χ3v) is 2.63. The van der Waals surface area contributed by atoms with Crippen LogP contribution in [0.2, 0.25) is 0 Å². The number of hydrogen-bond acceptors (Lipinski definition) is 3. The molecule has 1 atom stereocenters. The standard InChI is InChI=1S/C13H24N2O3/c1-4-5-15(9-13(17)18)12(16)7-11(8-14)6-10(2)3/h4,10-11H,1,5-9,14H2,2-3H3,(H,17,18). The quantitative estimate of drug-likeness (QED) is 0.605. The number of rotatable bonds is 9. The van der Waals surface area contributed by atoms with E-state index in [2.05, 4.69) is 20.4 Å². The van der Waals surface area contributed by atoms with Crippen LogP contribution < -0.4 is 5.73 Å². The van der Waals surface area contributed by atoms with E-state index < -0.39 is 5.97 Å². The molecular formula is C13H24N2O3. The molecule has 0 fully saturated rings. The first-order valence-corrected chi connectivity index (χ1v) is 6.21. The lowest BCUT2D eigenvalue weighted by Crippen LogP contribution is -2.37. The largest absolute Gasteiger partial charge is 0.480 e. The van der Waals surface area contributed by atoms with Crippen molar-refractivity contribution in [3.63, 3.8) is 0 Å². The van der Waals surface area contributed by atoms with Gasteiger partial charge in [-0.05, 0) is 24.8 Å². The maximum absolute atomic E-state index is 12.0. The summed E-state index contributed by atoms with van der Waals surface area (Å²) in [6.45, 7) is 8.09. The van der Waals surface area contributed by atoms with Crippen molar-refractivity contribution in [3.05, 3.63) is 12.7 Å². The number of aliphatic carboxylic acids is 1. The molecule has 0 aromatic heterocycles. The zero-order valence-electron chi connectivity index (χ0n) is 11.3. The van der Waals surface area contributed by atoms with E-state index in [0.717, 1.165) is 6.42 Å². The number of amides is 1. The Morgan fingerprint density at radius 2 is 2.06 bits per heavy atom. The fourth-order valence-corrected chi connectivity index (χ4v) is 1.88. The molecule has 0 aromatic rings. The highest BCUT2D eigenvalue weighted by atomic mass is 16.4. The molecule has 0 saturated carbocycles. The van der Waals surface area contributed by atoms with Crippen molar-refractivity contribution in [2.45, 2.75) is 26.7 Å². The molecule has 18 heavy (non-hydrogen) atoms. The third kappa shape index (κ3) is 7.06. The van der Waals surface area contributed by atoms with Crippen LogP contribution >= 0.6 is 0 Å². The molecule has 1 amide bonds. The van der Waals surface area contributed by atoms with Gasteiger partial charge in [-0.25, -0.2) is 0 Å². The summed E-state index contributed by atoms with van der Waals surface area (Å²) in [7, 11) is 0. The van der Waals surface area contributed by atoms with E-state index in [4.69, 9.17) is 10.8 Å². The molecule has 3 N–H and O–H groups in total. The molecule has 0 aliphatic rings. The predicted molar refractivity (Wildman–Crippen MR) is 71.0 cm³/mol. The van der Waals surface area contributed by atoms with Crippen LogP contribution in [0.5, 0.6) is 0 Å². The summed E-state index contributed by atoms with van der Waals surface area (Å²) >= 11 is 0. The minimum absolute atomic E-state index is 0.110. The van der Waals surface area contributed by atoms with Crippen molar-refractivity contribution < 1.29 is 14.7 Å². The van der Waals surface area contributed by atoms with Gasteiger partial charge >= 0.3 is 5.97 Å². The molecule has 0 radical (unpaired) electrons. The van der Waals surface area contributed by atoms with Crippen LogP contribution in [0.4, 0.5) is 0 Å². The van der Waals surface area contributed by atoms with E-state index in [-0.39, 0.29) is 24.9 Å². The molecule has 0 rings (SSSR count). The summed E-state index contributed by atoms with van der Waals surface area (Å²) in [6.07, 6.45) is 2.70. The fourth-order valence-electron chi connectivity index (χ4n) is 1.88. The highest BCUT2D eigenvalue weighted by Gasteiger charge is 2.20. The van der Waals surface area contributed by atoms with Crippen molar-refractivity contribution in [3.8, 4) is 0 Å². The van der Waals surface area contributed by atoms with Gasteiger partial charge in [-0.15, -0.1) is 6.58 Å². The van der Waals surface area contributed by atoms with E-state index in [0.29, 0.717) is 18.9 Å². The van der Waals surface area contributed by atoms with Crippen LogP contribution in [0.3, 0.4) is 0 Å². The van der Waals surface area contributed by atoms with Gasteiger partial charge in [0.25, 0.3) is 0 Å². The third-order valence-electron chi connectivity index (χ3n) is 2.63. The SMILES string of the molecule is C=CCN(CC(=O)O)C(=O)CC(CN)CC(C)C. The van der Waals surface area contributed by atoms with Crippen molar-refractivity contribution >= 4 is 11.9 Å². The van der Waals surface area contributed by atoms with E-state index in [1.54, 1.807) is 0 Å². The molecule has 104 valence electrons. The second-order valence-electron chi connectivity index (χ2n) is 4.89. The number of carbonyl (C=O) groups is 2. The monoisotopic (exact) mass is 256 g/mol. The molecule has 0 aromatic carbocycles. The number of hydrogen-bond donors (Lipinski definition) is 2. The molecule has 0 aliphatic carbocycles. The molecule has 0 saturated heterocycles. The van der Waals surface area contributed by atoms with E-state index in [1.807, 2.05) is 0 Å². The second-order valence-corrected chi connectivity index (χ2v) is 4.89. The van der Waals surface area contributed by atoms with Crippen molar-refractivity contribution in [2.75, 3.05) is 19.6 Å². The average molecular weight is 256 g/mol. The normalized spacial score (nSPS) is 12.2. The Kier molecular flexibility index (Phi) is 8.03. The van der Waals surface area contributed by atoms with E-state index in [9.17, 15) is 9.59 Å². The maximum Gasteiger partial charge on any atom is 0.323 e. The molecule has 5 heteroatoms. The van der Waals surface area contributed by atoms with Crippen LogP contribution in [0, 0.1) is 11.8 Å². The van der Waals surface area contributed by atoms with Crippen LogP contribution in [0.15, 0.2) is 12.7 Å². The van der Waals surface area contributed by atoms with Gasteiger partial charge in [-0.2, -0.15) is 0 Å². The van der Waals surface area contributed by atoms with Gasteiger partial charge in [0.15, 0.2) is 0 Å². The zero-order valence-corrected chi connectivity index (χ0v) is 11.3. The molecule has 0 heterocycles. The Hall–Kier alpha value is -1.36. The molecule has 1 unspecified atom stereocenters. The highest BCUT2D eigenvalue weighted by molar-refractivity contribution is 5.81. The zero-order chi connectivity index (χ0) is 14.1. The second kappa shape index (κ2) is 8.69. The summed E-state index contributed by atoms with van der Waals surface area (Å²) in [4.78, 5) is 23.9. The van der Waals surface area contributed by atoms with Gasteiger partial charge in [0, 0.05) is 13.0 Å². The first-order chi connectivity index (χ1) is 8.40. The van der Waals surface area contributed by atoms with Crippen molar-refractivity contribution in [1.29, 1.82) is 0 Å². The first-order valence-electron chi connectivity index (χ1n) is 6.21.